The number of aryl methyl sites for hydroxylation is 2. The van der Waals surface area contributed by atoms with Gasteiger partial charge in [-0.25, -0.2) is 0 Å². The lowest BCUT2D eigenvalue weighted by Crippen LogP contribution is -2.19. The molecule has 1 aromatic heterocycles. The summed E-state index contributed by atoms with van der Waals surface area (Å²) in [4.78, 5) is 14.5. The SMILES string of the molecule is CNC(=O)c1cccc(NCc2cc(C)sc2C)c1C. The van der Waals surface area contributed by atoms with E-state index in [1.165, 1.54) is 15.3 Å². The molecule has 1 amide bonds. The zero-order chi connectivity index (χ0) is 14.7. The van der Waals surface area contributed by atoms with Crippen molar-refractivity contribution in [1.29, 1.82) is 0 Å². The highest BCUT2D eigenvalue weighted by molar-refractivity contribution is 7.12. The van der Waals surface area contributed by atoms with Gasteiger partial charge in [0.2, 0.25) is 0 Å². The molecular weight excluding hydrogens is 268 g/mol. The number of hydrogen-bond donors (Lipinski definition) is 2. The third-order valence-corrected chi connectivity index (χ3v) is 4.43. The van der Waals surface area contributed by atoms with Gasteiger partial charge < -0.3 is 10.6 Å². The number of amides is 1. The van der Waals surface area contributed by atoms with Crippen LogP contribution in [0.5, 0.6) is 0 Å². The highest BCUT2D eigenvalue weighted by Gasteiger charge is 2.10. The molecule has 4 heteroatoms. The smallest absolute Gasteiger partial charge is 0.251 e. The fourth-order valence-electron chi connectivity index (χ4n) is 2.26. The molecule has 0 atom stereocenters. The molecule has 20 heavy (non-hydrogen) atoms. The van der Waals surface area contributed by atoms with E-state index >= 15 is 0 Å². The molecular formula is C16H20N2OS. The summed E-state index contributed by atoms with van der Waals surface area (Å²) in [5, 5.41) is 6.10. The van der Waals surface area contributed by atoms with Crippen molar-refractivity contribution >= 4 is 22.9 Å². The first-order valence-electron chi connectivity index (χ1n) is 6.64. The van der Waals surface area contributed by atoms with Crippen LogP contribution in [0.25, 0.3) is 0 Å². The maximum Gasteiger partial charge on any atom is 0.251 e. The number of hydrogen-bond acceptors (Lipinski definition) is 3. The molecule has 0 aliphatic heterocycles. The van der Waals surface area contributed by atoms with Crippen LogP contribution in [-0.2, 0) is 6.54 Å². The van der Waals surface area contributed by atoms with Gasteiger partial charge in [-0.2, -0.15) is 0 Å². The van der Waals surface area contributed by atoms with Crippen LogP contribution in [-0.4, -0.2) is 13.0 Å². The lowest BCUT2D eigenvalue weighted by Gasteiger charge is -2.12. The molecule has 0 unspecified atom stereocenters. The van der Waals surface area contributed by atoms with Gasteiger partial charge in [-0.3, -0.25) is 4.79 Å². The molecule has 0 aliphatic carbocycles. The third-order valence-electron chi connectivity index (χ3n) is 3.42. The zero-order valence-corrected chi connectivity index (χ0v) is 13.1. The van der Waals surface area contributed by atoms with E-state index in [4.69, 9.17) is 0 Å². The van der Waals surface area contributed by atoms with Crippen LogP contribution in [0.4, 0.5) is 5.69 Å². The Hall–Kier alpha value is -1.81. The molecule has 0 saturated carbocycles. The van der Waals surface area contributed by atoms with E-state index in [2.05, 4.69) is 30.5 Å². The molecule has 3 nitrogen and oxygen atoms in total. The maximum atomic E-state index is 11.8. The average molecular weight is 288 g/mol. The van der Waals surface area contributed by atoms with Crippen molar-refractivity contribution in [2.45, 2.75) is 27.3 Å². The fraction of sp³-hybridized carbons (Fsp3) is 0.312. The summed E-state index contributed by atoms with van der Waals surface area (Å²) in [7, 11) is 1.65. The van der Waals surface area contributed by atoms with Gasteiger partial charge in [0.05, 0.1) is 0 Å². The van der Waals surface area contributed by atoms with Crippen molar-refractivity contribution in [3.63, 3.8) is 0 Å². The fourth-order valence-corrected chi connectivity index (χ4v) is 3.20. The summed E-state index contributed by atoms with van der Waals surface area (Å²) in [6.45, 7) is 7.02. The number of rotatable bonds is 4. The van der Waals surface area contributed by atoms with Crippen LogP contribution in [0.1, 0.15) is 31.2 Å². The van der Waals surface area contributed by atoms with E-state index in [0.29, 0.717) is 0 Å². The molecule has 0 aliphatic rings. The van der Waals surface area contributed by atoms with E-state index in [9.17, 15) is 4.79 Å². The molecule has 0 fully saturated rings. The van der Waals surface area contributed by atoms with Gasteiger partial charge in [0.15, 0.2) is 0 Å². The van der Waals surface area contributed by atoms with Crippen LogP contribution in [0.15, 0.2) is 24.3 Å². The number of carbonyl (C=O) groups excluding carboxylic acids is 1. The molecule has 0 spiro atoms. The second kappa shape index (κ2) is 6.09. The minimum Gasteiger partial charge on any atom is -0.381 e. The first kappa shape index (κ1) is 14.6. The largest absolute Gasteiger partial charge is 0.381 e. The second-order valence-corrected chi connectivity index (χ2v) is 6.31. The summed E-state index contributed by atoms with van der Waals surface area (Å²) in [5.74, 6) is -0.0475. The van der Waals surface area contributed by atoms with Crippen molar-refractivity contribution in [3.05, 3.63) is 50.7 Å². The van der Waals surface area contributed by atoms with Crippen LogP contribution < -0.4 is 10.6 Å². The van der Waals surface area contributed by atoms with Gasteiger partial charge in [-0.15, -0.1) is 11.3 Å². The third kappa shape index (κ3) is 3.02. The second-order valence-electron chi connectivity index (χ2n) is 4.85. The van der Waals surface area contributed by atoms with Crippen molar-refractivity contribution in [3.8, 4) is 0 Å². The molecule has 106 valence electrons. The summed E-state index contributed by atoms with van der Waals surface area (Å²) >= 11 is 1.82. The highest BCUT2D eigenvalue weighted by atomic mass is 32.1. The van der Waals surface area contributed by atoms with Crippen molar-refractivity contribution < 1.29 is 4.79 Å². The van der Waals surface area contributed by atoms with E-state index in [1.54, 1.807) is 7.05 Å². The topological polar surface area (TPSA) is 41.1 Å². The van der Waals surface area contributed by atoms with E-state index in [0.717, 1.165) is 23.4 Å². The minimum absolute atomic E-state index is 0.0475. The Morgan fingerprint density at radius 2 is 2.00 bits per heavy atom. The van der Waals surface area contributed by atoms with E-state index in [-0.39, 0.29) is 5.91 Å². The molecule has 2 aromatic rings. The Bertz CT molecular complexity index is 631. The van der Waals surface area contributed by atoms with E-state index in [1.807, 2.05) is 36.5 Å². The Labute approximate surface area is 124 Å². The molecule has 1 aromatic carbocycles. The first-order valence-corrected chi connectivity index (χ1v) is 7.46. The Morgan fingerprint density at radius 1 is 1.25 bits per heavy atom. The van der Waals surface area contributed by atoms with Gasteiger partial charge in [-0.1, -0.05) is 6.07 Å². The summed E-state index contributed by atoms with van der Waals surface area (Å²) in [6, 6.07) is 7.98. The van der Waals surface area contributed by atoms with Crippen molar-refractivity contribution in [1.82, 2.24) is 5.32 Å². The molecule has 0 radical (unpaired) electrons. The van der Waals surface area contributed by atoms with Crippen molar-refractivity contribution in [2.24, 2.45) is 0 Å². The Morgan fingerprint density at radius 3 is 2.60 bits per heavy atom. The standard InChI is InChI=1S/C16H20N2OS/c1-10-8-13(12(3)20-10)9-18-15-7-5-6-14(11(15)2)16(19)17-4/h5-8,18H,9H2,1-4H3,(H,17,19). The molecule has 0 bridgehead atoms. The van der Waals surface area contributed by atoms with Crippen LogP contribution in [0.2, 0.25) is 0 Å². The van der Waals surface area contributed by atoms with Gasteiger partial charge in [-0.05, 0) is 50.1 Å². The Balaban J connectivity index is 2.18. The Kier molecular flexibility index (Phi) is 4.45. The number of nitrogens with one attached hydrogen (secondary N) is 2. The number of thiophene rings is 1. The molecule has 2 rings (SSSR count). The summed E-state index contributed by atoms with van der Waals surface area (Å²) < 4.78 is 0. The predicted octanol–water partition coefficient (Wildman–Crippen LogP) is 3.65. The van der Waals surface area contributed by atoms with Crippen molar-refractivity contribution in [2.75, 3.05) is 12.4 Å². The number of carbonyl (C=O) groups is 1. The van der Waals surface area contributed by atoms with Gasteiger partial charge >= 0.3 is 0 Å². The van der Waals surface area contributed by atoms with Crippen LogP contribution in [0.3, 0.4) is 0 Å². The minimum atomic E-state index is -0.0475. The predicted molar refractivity (Wildman–Crippen MR) is 85.7 cm³/mol. The number of benzene rings is 1. The van der Waals surface area contributed by atoms with Crippen LogP contribution in [0, 0.1) is 20.8 Å². The molecule has 2 N–H and O–H groups in total. The monoisotopic (exact) mass is 288 g/mol. The van der Waals surface area contributed by atoms with Gasteiger partial charge in [0.1, 0.15) is 0 Å². The van der Waals surface area contributed by atoms with Gasteiger partial charge in [0.25, 0.3) is 5.91 Å². The molecule has 1 heterocycles. The van der Waals surface area contributed by atoms with E-state index < -0.39 is 0 Å². The summed E-state index contributed by atoms with van der Waals surface area (Å²) in [5.41, 5.74) is 4.03. The quantitative estimate of drug-likeness (QED) is 0.901. The lowest BCUT2D eigenvalue weighted by molar-refractivity contribution is 0.0962. The zero-order valence-electron chi connectivity index (χ0n) is 12.3. The summed E-state index contributed by atoms with van der Waals surface area (Å²) in [6.07, 6.45) is 0. The highest BCUT2D eigenvalue weighted by Crippen LogP contribution is 2.23. The first-order chi connectivity index (χ1) is 9.52. The number of anilines is 1. The lowest BCUT2D eigenvalue weighted by atomic mass is 10.1. The van der Waals surface area contributed by atoms with Crippen LogP contribution >= 0.6 is 11.3 Å². The van der Waals surface area contributed by atoms with Gasteiger partial charge in [0, 0.05) is 34.6 Å². The normalized spacial score (nSPS) is 10.4. The maximum absolute atomic E-state index is 11.8. The molecule has 0 saturated heterocycles. The average Bonchev–Trinajstić information content (AvgIpc) is 2.75.